The van der Waals surface area contributed by atoms with Crippen molar-refractivity contribution in [3.63, 3.8) is 0 Å². The quantitative estimate of drug-likeness (QED) is 0.341. The first kappa shape index (κ1) is 21.4. The van der Waals surface area contributed by atoms with Gasteiger partial charge in [0, 0.05) is 14.1 Å². The third kappa shape index (κ3) is 5.54. The second kappa shape index (κ2) is 9.34. The molecule has 0 aliphatic heterocycles. The van der Waals surface area contributed by atoms with Crippen molar-refractivity contribution in [2.75, 3.05) is 21.2 Å². The van der Waals surface area contributed by atoms with Crippen LogP contribution in [0.5, 0.6) is 11.5 Å². The SMILES string of the molecule is COc1cccc(/C(=C\c2cc(Br)c(OC(=S)N(C)C)c(Br)c2)C(=O)O)c1. The van der Waals surface area contributed by atoms with E-state index in [0.717, 1.165) is 0 Å². The molecule has 2 rings (SSSR count). The van der Waals surface area contributed by atoms with E-state index in [1.807, 2.05) is 0 Å². The normalized spacial score (nSPS) is 11.1. The van der Waals surface area contributed by atoms with Crippen LogP contribution >= 0.6 is 44.1 Å². The highest BCUT2D eigenvalue weighted by Gasteiger charge is 2.15. The van der Waals surface area contributed by atoms with Crippen LogP contribution in [0.4, 0.5) is 0 Å². The minimum atomic E-state index is -1.04. The summed E-state index contributed by atoms with van der Waals surface area (Å²) in [6, 6.07) is 10.4. The molecule has 0 fully saturated rings. The zero-order chi connectivity index (χ0) is 20.1. The van der Waals surface area contributed by atoms with Crippen LogP contribution in [0.1, 0.15) is 11.1 Å². The number of carboxylic acid groups (broad SMARTS) is 1. The Labute approximate surface area is 179 Å². The highest BCUT2D eigenvalue weighted by atomic mass is 79.9. The lowest BCUT2D eigenvalue weighted by Gasteiger charge is -2.16. The Balaban J connectivity index is 2.46. The third-order valence-corrected chi connectivity index (χ3v) is 5.12. The van der Waals surface area contributed by atoms with E-state index >= 15 is 0 Å². The average molecular weight is 515 g/mol. The number of halogens is 2. The van der Waals surface area contributed by atoms with Crippen LogP contribution in [0.2, 0.25) is 0 Å². The fourth-order valence-corrected chi connectivity index (χ4v) is 3.63. The van der Waals surface area contributed by atoms with Gasteiger partial charge in [0.05, 0.1) is 21.6 Å². The lowest BCUT2D eigenvalue weighted by Crippen LogP contribution is -2.25. The molecule has 0 saturated carbocycles. The number of carbonyl (C=O) groups is 1. The minimum Gasteiger partial charge on any atom is -0.497 e. The lowest BCUT2D eigenvalue weighted by molar-refractivity contribution is -0.130. The van der Waals surface area contributed by atoms with Gasteiger partial charge in [-0.25, -0.2) is 4.79 Å². The second-order valence-electron chi connectivity index (χ2n) is 5.67. The Morgan fingerprint density at radius 1 is 1.19 bits per heavy atom. The van der Waals surface area contributed by atoms with E-state index in [9.17, 15) is 9.90 Å². The number of methoxy groups -OCH3 is 1. The number of benzene rings is 2. The number of hydrogen-bond acceptors (Lipinski definition) is 4. The summed E-state index contributed by atoms with van der Waals surface area (Å²) in [7, 11) is 5.11. The zero-order valence-corrected chi connectivity index (χ0v) is 18.8. The Morgan fingerprint density at radius 2 is 1.81 bits per heavy atom. The highest BCUT2D eigenvalue weighted by Crippen LogP contribution is 2.36. The van der Waals surface area contributed by atoms with E-state index in [1.54, 1.807) is 61.5 Å². The van der Waals surface area contributed by atoms with Crippen molar-refractivity contribution in [2.24, 2.45) is 0 Å². The number of thiocarbonyl (C=S) groups is 1. The molecule has 0 aliphatic rings. The molecule has 8 heteroatoms. The van der Waals surface area contributed by atoms with Crippen LogP contribution in [0.15, 0.2) is 45.3 Å². The second-order valence-corrected chi connectivity index (χ2v) is 7.73. The molecule has 27 heavy (non-hydrogen) atoms. The maximum Gasteiger partial charge on any atom is 0.336 e. The molecule has 0 saturated heterocycles. The van der Waals surface area contributed by atoms with Gasteiger partial charge in [-0.05, 0) is 85.5 Å². The Morgan fingerprint density at radius 3 is 2.33 bits per heavy atom. The number of nitrogens with zero attached hydrogens (tertiary/aromatic N) is 1. The number of ether oxygens (including phenoxy) is 2. The van der Waals surface area contributed by atoms with Crippen LogP contribution in [0.25, 0.3) is 11.6 Å². The van der Waals surface area contributed by atoms with Crippen molar-refractivity contribution in [2.45, 2.75) is 0 Å². The monoisotopic (exact) mass is 513 g/mol. The average Bonchev–Trinajstić information content (AvgIpc) is 2.62. The fraction of sp³-hybridized carbons (Fsp3) is 0.158. The first-order chi connectivity index (χ1) is 12.7. The molecule has 5 nitrogen and oxygen atoms in total. The molecule has 0 aliphatic carbocycles. The topological polar surface area (TPSA) is 59.0 Å². The summed E-state index contributed by atoms with van der Waals surface area (Å²) in [5.41, 5.74) is 1.37. The molecule has 0 radical (unpaired) electrons. The molecule has 1 N–H and O–H groups in total. The number of rotatable bonds is 5. The largest absolute Gasteiger partial charge is 0.497 e. The first-order valence-electron chi connectivity index (χ1n) is 7.70. The van der Waals surface area contributed by atoms with E-state index < -0.39 is 5.97 Å². The maximum atomic E-state index is 11.8. The van der Waals surface area contributed by atoms with Crippen molar-refractivity contribution in [1.82, 2.24) is 4.90 Å². The van der Waals surface area contributed by atoms with Crippen LogP contribution < -0.4 is 9.47 Å². The molecular weight excluding hydrogens is 498 g/mol. The number of aliphatic carboxylic acids is 1. The van der Waals surface area contributed by atoms with Crippen molar-refractivity contribution in [3.8, 4) is 11.5 Å². The Bertz CT molecular complexity index is 889. The van der Waals surface area contributed by atoms with Gasteiger partial charge in [-0.15, -0.1) is 0 Å². The van der Waals surface area contributed by atoms with E-state index in [2.05, 4.69) is 31.9 Å². The van der Waals surface area contributed by atoms with Crippen LogP contribution in [0.3, 0.4) is 0 Å². The molecule has 0 amide bonds. The van der Waals surface area contributed by atoms with Gasteiger partial charge in [-0.1, -0.05) is 12.1 Å². The zero-order valence-electron chi connectivity index (χ0n) is 14.8. The van der Waals surface area contributed by atoms with Crippen LogP contribution in [0, 0.1) is 0 Å². The smallest absolute Gasteiger partial charge is 0.336 e. The van der Waals surface area contributed by atoms with E-state index in [-0.39, 0.29) is 5.57 Å². The summed E-state index contributed by atoms with van der Waals surface area (Å²) in [5.74, 6) is 0.0664. The summed E-state index contributed by atoms with van der Waals surface area (Å²) in [6.45, 7) is 0. The molecule has 2 aromatic rings. The number of hydrogen-bond donors (Lipinski definition) is 1. The molecule has 2 aromatic carbocycles. The first-order valence-corrected chi connectivity index (χ1v) is 9.70. The molecule has 0 atom stereocenters. The summed E-state index contributed by atoms with van der Waals surface area (Å²) >= 11 is 12.1. The van der Waals surface area contributed by atoms with Gasteiger partial charge in [-0.2, -0.15) is 0 Å². The van der Waals surface area contributed by atoms with Gasteiger partial charge in [0.25, 0.3) is 5.17 Å². The van der Waals surface area contributed by atoms with Gasteiger partial charge >= 0.3 is 5.97 Å². The fourth-order valence-electron chi connectivity index (χ4n) is 2.16. The van der Waals surface area contributed by atoms with Gasteiger partial charge in [0.15, 0.2) is 5.75 Å². The van der Waals surface area contributed by atoms with E-state index in [0.29, 0.717) is 36.7 Å². The molecule has 0 bridgehead atoms. The summed E-state index contributed by atoms with van der Waals surface area (Å²) in [5, 5.41) is 9.95. The van der Waals surface area contributed by atoms with Gasteiger partial charge in [-0.3, -0.25) is 0 Å². The lowest BCUT2D eigenvalue weighted by atomic mass is 10.0. The van der Waals surface area contributed by atoms with Crippen LogP contribution in [-0.4, -0.2) is 42.4 Å². The summed E-state index contributed by atoms with van der Waals surface area (Å²) in [6.07, 6.45) is 1.58. The minimum absolute atomic E-state index is 0.144. The number of carboxylic acids is 1. The molecule has 142 valence electrons. The van der Waals surface area contributed by atoms with E-state index in [4.69, 9.17) is 21.7 Å². The van der Waals surface area contributed by atoms with Crippen molar-refractivity contribution < 1.29 is 19.4 Å². The molecular formula is C19H17Br2NO4S. The summed E-state index contributed by atoms with van der Waals surface area (Å²) in [4.78, 5) is 13.5. The Kier molecular flexibility index (Phi) is 7.41. The molecule has 0 unspecified atom stereocenters. The van der Waals surface area contributed by atoms with Crippen LogP contribution in [-0.2, 0) is 4.79 Å². The van der Waals surface area contributed by atoms with E-state index in [1.165, 1.54) is 7.11 Å². The van der Waals surface area contributed by atoms with Gasteiger partial charge in [0.1, 0.15) is 5.75 Å². The van der Waals surface area contributed by atoms with Crippen molar-refractivity contribution in [1.29, 1.82) is 0 Å². The molecule has 0 aromatic heterocycles. The maximum absolute atomic E-state index is 11.8. The van der Waals surface area contributed by atoms with Gasteiger partial charge in [0.2, 0.25) is 0 Å². The standard InChI is InChI=1S/C19H17Br2NO4S/c1-22(2)19(27)26-17-15(20)8-11(9-16(17)21)7-14(18(23)24)12-5-4-6-13(10-12)25-3/h4-10H,1-3H3,(H,23,24)/b14-7+. The van der Waals surface area contributed by atoms with Crippen molar-refractivity contribution in [3.05, 3.63) is 56.5 Å². The highest BCUT2D eigenvalue weighted by molar-refractivity contribution is 9.11. The van der Waals surface area contributed by atoms with Gasteiger partial charge < -0.3 is 19.5 Å². The molecule has 0 spiro atoms. The molecule has 0 heterocycles. The predicted molar refractivity (Wildman–Crippen MR) is 117 cm³/mol. The Hall–Kier alpha value is -1.90. The van der Waals surface area contributed by atoms with Crippen molar-refractivity contribution >= 4 is 66.9 Å². The third-order valence-electron chi connectivity index (χ3n) is 3.50. The summed E-state index contributed by atoms with van der Waals surface area (Å²) < 4.78 is 12.1. The predicted octanol–water partition coefficient (Wildman–Crippen LogP) is 5.07.